The fourth-order valence-electron chi connectivity index (χ4n) is 4.23. The van der Waals surface area contributed by atoms with Gasteiger partial charge in [-0.1, -0.05) is 49.1 Å². The Bertz CT molecular complexity index is 1470. The molecule has 0 atom stereocenters. The number of para-hydroxylation sites is 1. The van der Waals surface area contributed by atoms with E-state index >= 15 is 0 Å². The first-order chi connectivity index (χ1) is 18.7. The highest BCUT2D eigenvalue weighted by molar-refractivity contribution is 6.33. The molecule has 1 amide bonds. The maximum atomic E-state index is 12.4. The van der Waals surface area contributed by atoms with Crippen molar-refractivity contribution >= 4 is 40.2 Å². The van der Waals surface area contributed by atoms with Crippen LogP contribution in [0.5, 0.6) is 0 Å². The number of halogens is 1. The van der Waals surface area contributed by atoms with E-state index in [4.69, 9.17) is 16.3 Å². The second kappa shape index (κ2) is 12.8. The van der Waals surface area contributed by atoms with Gasteiger partial charge in [0.1, 0.15) is 5.60 Å². The zero-order valence-electron chi connectivity index (χ0n) is 22.6. The number of unbranched alkanes of at least 4 members (excludes halogenated alkanes) is 4. The highest BCUT2D eigenvalue weighted by atomic mass is 35.5. The highest BCUT2D eigenvalue weighted by Crippen LogP contribution is 2.32. The molecular weight excluding hydrogens is 516 g/mol. The Morgan fingerprint density at radius 3 is 2.67 bits per heavy atom. The molecule has 0 aliphatic heterocycles. The van der Waals surface area contributed by atoms with E-state index in [1.54, 1.807) is 29.1 Å². The minimum Gasteiger partial charge on any atom is -0.444 e. The van der Waals surface area contributed by atoms with Gasteiger partial charge in [-0.3, -0.25) is 4.79 Å². The van der Waals surface area contributed by atoms with Crippen molar-refractivity contribution in [1.82, 2.24) is 24.8 Å². The van der Waals surface area contributed by atoms with Crippen molar-refractivity contribution in [2.45, 2.75) is 65.0 Å². The highest BCUT2D eigenvalue weighted by Gasteiger charge is 2.15. The van der Waals surface area contributed by atoms with E-state index in [0.29, 0.717) is 29.8 Å². The number of benzene rings is 1. The van der Waals surface area contributed by atoms with Crippen LogP contribution in [0, 0.1) is 0 Å². The van der Waals surface area contributed by atoms with Crippen LogP contribution in [0.1, 0.15) is 52.9 Å². The molecule has 3 aromatic heterocycles. The number of ether oxygens (including phenoxy) is 1. The lowest BCUT2D eigenvalue weighted by Crippen LogP contribution is -2.32. The predicted molar refractivity (Wildman–Crippen MR) is 156 cm³/mol. The fraction of sp³-hybridized carbons (Fsp3) is 0.379. The molecule has 0 aliphatic carbocycles. The Labute approximate surface area is 233 Å². The predicted octanol–water partition coefficient (Wildman–Crippen LogP) is 6.66. The molecule has 0 saturated carbocycles. The molecular formula is C29H35ClN6O3. The largest absolute Gasteiger partial charge is 0.444 e. The van der Waals surface area contributed by atoms with Gasteiger partial charge in [0.25, 0.3) is 5.56 Å². The van der Waals surface area contributed by atoms with Gasteiger partial charge in [-0.25, -0.2) is 14.8 Å². The summed E-state index contributed by atoms with van der Waals surface area (Å²) in [4.78, 5) is 36.3. The average Bonchev–Trinajstić information content (AvgIpc) is 3.31. The van der Waals surface area contributed by atoms with Crippen molar-refractivity contribution in [3.05, 3.63) is 70.4 Å². The Morgan fingerprint density at radius 1 is 1.08 bits per heavy atom. The van der Waals surface area contributed by atoms with Crippen molar-refractivity contribution in [2.24, 2.45) is 0 Å². The van der Waals surface area contributed by atoms with Crippen LogP contribution in [-0.2, 0) is 11.3 Å². The topological polar surface area (TPSA) is 114 Å². The van der Waals surface area contributed by atoms with E-state index in [1.807, 2.05) is 51.2 Å². The SMILES string of the molecule is CC(C)(C)OC(=O)NCCCCCCCn1cc(Nc2ncc(Cl)c(-c3c[nH]c4ccccc34)n2)ccc1=O. The Morgan fingerprint density at radius 2 is 1.85 bits per heavy atom. The number of H-pyrrole nitrogens is 1. The molecule has 0 saturated heterocycles. The van der Waals surface area contributed by atoms with E-state index in [2.05, 4.69) is 25.6 Å². The van der Waals surface area contributed by atoms with Gasteiger partial charge >= 0.3 is 6.09 Å². The van der Waals surface area contributed by atoms with E-state index < -0.39 is 5.60 Å². The van der Waals surface area contributed by atoms with Crippen molar-refractivity contribution in [2.75, 3.05) is 11.9 Å². The molecule has 0 fully saturated rings. The molecule has 0 bridgehead atoms. The molecule has 39 heavy (non-hydrogen) atoms. The molecule has 10 heteroatoms. The summed E-state index contributed by atoms with van der Waals surface area (Å²) < 4.78 is 6.93. The van der Waals surface area contributed by atoms with Crippen LogP contribution in [0.4, 0.5) is 16.4 Å². The summed E-state index contributed by atoms with van der Waals surface area (Å²) >= 11 is 6.45. The van der Waals surface area contributed by atoms with Crippen LogP contribution in [0.3, 0.4) is 0 Å². The summed E-state index contributed by atoms with van der Waals surface area (Å²) in [5.41, 5.74) is 2.69. The quantitative estimate of drug-likeness (QED) is 0.180. The number of alkyl carbamates (subject to hydrolysis) is 1. The summed E-state index contributed by atoms with van der Waals surface area (Å²) in [5.74, 6) is 0.393. The number of amides is 1. The van der Waals surface area contributed by atoms with Gasteiger partial charge in [0.05, 0.1) is 22.6 Å². The maximum absolute atomic E-state index is 12.4. The standard InChI is InChI=1S/C29H35ClN6O3/c1-29(2,3)39-28(38)31-15-9-5-4-6-10-16-36-19-20(13-14-25(36)37)34-27-33-18-23(30)26(35-27)22-17-32-24-12-8-7-11-21(22)24/h7-8,11-14,17-19,32H,4-6,9-10,15-16H2,1-3H3,(H,31,38)(H,33,34,35). The second-order valence-electron chi connectivity index (χ2n) is 10.4. The van der Waals surface area contributed by atoms with Crippen molar-refractivity contribution in [3.8, 4) is 11.3 Å². The minimum atomic E-state index is -0.488. The third-order valence-corrected chi connectivity index (χ3v) is 6.35. The summed E-state index contributed by atoms with van der Waals surface area (Å²) in [6.07, 6.45) is 9.66. The number of aromatic amines is 1. The van der Waals surface area contributed by atoms with Gasteiger partial charge < -0.3 is 24.9 Å². The monoisotopic (exact) mass is 550 g/mol. The van der Waals surface area contributed by atoms with Crippen LogP contribution < -0.4 is 16.2 Å². The smallest absolute Gasteiger partial charge is 0.407 e. The number of hydrogen-bond acceptors (Lipinski definition) is 6. The fourth-order valence-corrected chi connectivity index (χ4v) is 4.43. The van der Waals surface area contributed by atoms with Gasteiger partial charge in [0.15, 0.2) is 0 Å². The van der Waals surface area contributed by atoms with E-state index in [1.165, 1.54) is 0 Å². The van der Waals surface area contributed by atoms with Gasteiger partial charge in [0, 0.05) is 48.0 Å². The summed E-state index contributed by atoms with van der Waals surface area (Å²) in [6.45, 7) is 6.75. The Balaban J connectivity index is 1.28. The van der Waals surface area contributed by atoms with Crippen LogP contribution >= 0.6 is 11.6 Å². The molecule has 4 rings (SSSR count). The van der Waals surface area contributed by atoms with Gasteiger partial charge in [-0.05, 0) is 45.7 Å². The van der Waals surface area contributed by atoms with Crippen molar-refractivity contribution in [3.63, 3.8) is 0 Å². The number of rotatable bonds is 11. The Hall–Kier alpha value is -3.85. The number of carbonyl (C=O) groups excluding carboxylic acids is 1. The summed E-state index contributed by atoms with van der Waals surface area (Å²) in [6, 6.07) is 11.2. The summed E-state index contributed by atoms with van der Waals surface area (Å²) in [7, 11) is 0. The number of anilines is 2. The molecule has 0 radical (unpaired) electrons. The number of aromatic nitrogens is 4. The van der Waals surface area contributed by atoms with Gasteiger partial charge in [-0.2, -0.15) is 0 Å². The number of pyridine rings is 1. The molecule has 206 valence electrons. The second-order valence-corrected chi connectivity index (χ2v) is 10.8. The number of nitrogens with one attached hydrogen (secondary N) is 3. The summed E-state index contributed by atoms with van der Waals surface area (Å²) in [5, 5.41) is 7.46. The van der Waals surface area contributed by atoms with Gasteiger partial charge in [0.2, 0.25) is 5.95 Å². The average molecular weight is 551 g/mol. The number of fused-ring (bicyclic) bond motifs is 1. The van der Waals surface area contributed by atoms with E-state index in [9.17, 15) is 9.59 Å². The lowest BCUT2D eigenvalue weighted by atomic mass is 10.1. The first-order valence-corrected chi connectivity index (χ1v) is 13.6. The first kappa shape index (κ1) is 28.2. The third kappa shape index (κ3) is 8.07. The Kier molecular flexibility index (Phi) is 9.24. The lowest BCUT2D eigenvalue weighted by Gasteiger charge is -2.19. The zero-order chi connectivity index (χ0) is 27.8. The van der Waals surface area contributed by atoms with Crippen LogP contribution in [-0.4, -0.2) is 37.8 Å². The van der Waals surface area contributed by atoms with Crippen LogP contribution in [0.15, 0.2) is 59.8 Å². The number of hydrogen-bond donors (Lipinski definition) is 3. The lowest BCUT2D eigenvalue weighted by molar-refractivity contribution is 0.0527. The zero-order valence-corrected chi connectivity index (χ0v) is 23.3. The molecule has 4 aromatic rings. The molecule has 9 nitrogen and oxygen atoms in total. The maximum Gasteiger partial charge on any atom is 0.407 e. The normalized spacial score (nSPS) is 11.5. The van der Waals surface area contributed by atoms with Crippen LogP contribution in [0.2, 0.25) is 5.02 Å². The molecule has 1 aromatic carbocycles. The van der Waals surface area contributed by atoms with Crippen molar-refractivity contribution < 1.29 is 9.53 Å². The molecule has 3 N–H and O–H groups in total. The van der Waals surface area contributed by atoms with Crippen LogP contribution in [0.25, 0.3) is 22.2 Å². The first-order valence-electron chi connectivity index (χ1n) is 13.2. The van der Waals surface area contributed by atoms with E-state index in [0.717, 1.165) is 54.3 Å². The van der Waals surface area contributed by atoms with Crippen molar-refractivity contribution in [1.29, 1.82) is 0 Å². The van der Waals surface area contributed by atoms with Gasteiger partial charge in [-0.15, -0.1) is 0 Å². The molecule has 3 heterocycles. The molecule has 0 spiro atoms. The minimum absolute atomic E-state index is 0.0568. The molecule has 0 aliphatic rings. The molecule has 0 unspecified atom stereocenters. The third-order valence-electron chi connectivity index (χ3n) is 6.07. The number of aryl methyl sites for hydroxylation is 1. The number of carbonyl (C=O) groups is 1. The van der Waals surface area contributed by atoms with E-state index in [-0.39, 0.29) is 11.7 Å². The number of nitrogens with zero attached hydrogens (tertiary/aromatic N) is 3.